The standard InChI is InChI=1S/C27H37N3O5/c1-8-30(25(33)22(16-31)29-26(34)35-27(5,6)7)23(20-14-17(2)13-18(3)15-20)24(32)28-21-12-10-9-11-19(21)4/h9-15,22-23,31H,8,16H2,1-7H3,(H,28,32)(H,29,34). The van der Waals surface area contributed by atoms with Crippen LogP contribution in [0, 0.1) is 20.8 Å². The van der Waals surface area contributed by atoms with Crippen LogP contribution in [-0.2, 0) is 14.3 Å². The summed E-state index contributed by atoms with van der Waals surface area (Å²) in [6, 6.07) is 10.8. The van der Waals surface area contributed by atoms with Gasteiger partial charge >= 0.3 is 6.09 Å². The van der Waals surface area contributed by atoms with E-state index in [1.165, 1.54) is 4.90 Å². The van der Waals surface area contributed by atoms with Gasteiger partial charge in [0.25, 0.3) is 5.91 Å². The van der Waals surface area contributed by atoms with Gasteiger partial charge < -0.3 is 25.4 Å². The Hall–Kier alpha value is -3.39. The molecule has 35 heavy (non-hydrogen) atoms. The predicted molar refractivity (Wildman–Crippen MR) is 136 cm³/mol. The molecular weight excluding hydrogens is 446 g/mol. The van der Waals surface area contributed by atoms with Crippen LogP contribution in [0.2, 0.25) is 0 Å². The maximum Gasteiger partial charge on any atom is 0.408 e. The van der Waals surface area contributed by atoms with Gasteiger partial charge in [0.15, 0.2) is 0 Å². The van der Waals surface area contributed by atoms with Crippen molar-refractivity contribution in [3.8, 4) is 0 Å². The smallest absolute Gasteiger partial charge is 0.408 e. The van der Waals surface area contributed by atoms with Crippen LogP contribution in [0.1, 0.15) is 56.0 Å². The van der Waals surface area contributed by atoms with E-state index in [9.17, 15) is 19.5 Å². The lowest BCUT2D eigenvalue weighted by molar-refractivity contribution is -0.141. The van der Waals surface area contributed by atoms with Crippen LogP contribution in [0.25, 0.3) is 0 Å². The van der Waals surface area contributed by atoms with Crippen molar-refractivity contribution in [2.45, 2.75) is 66.2 Å². The fraction of sp³-hybridized carbons (Fsp3) is 0.444. The zero-order valence-electron chi connectivity index (χ0n) is 21.6. The molecule has 3 N–H and O–H groups in total. The lowest BCUT2D eigenvalue weighted by atomic mass is 9.98. The maximum atomic E-state index is 13.6. The number of alkyl carbamates (subject to hydrolysis) is 1. The second kappa shape index (κ2) is 11.8. The van der Waals surface area contributed by atoms with Crippen LogP contribution in [0.15, 0.2) is 42.5 Å². The van der Waals surface area contributed by atoms with Crippen molar-refractivity contribution in [2.75, 3.05) is 18.5 Å². The van der Waals surface area contributed by atoms with Crippen LogP contribution in [0.3, 0.4) is 0 Å². The minimum Gasteiger partial charge on any atom is -0.444 e. The third-order valence-corrected chi connectivity index (χ3v) is 5.32. The molecule has 0 spiro atoms. The highest BCUT2D eigenvalue weighted by molar-refractivity contribution is 5.99. The van der Waals surface area contributed by atoms with Gasteiger partial charge in [-0.1, -0.05) is 47.5 Å². The van der Waals surface area contributed by atoms with E-state index in [1.54, 1.807) is 33.8 Å². The zero-order valence-corrected chi connectivity index (χ0v) is 21.6. The maximum absolute atomic E-state index is 13.6. The van der Waals surface area contributed by atoms with Crippen molar-refractivity contribution in [1.29, 1.82) is 0 Å². The summed E-state index contributed by atoms with van der Waals surface area (Å²) in [5.41, 5.74) is 3.28. The average Bonchev–Trinajstić information content (AvgIpc) is 2.74. The van der Waals surface area contributed by atoms with E-state index in [4.69, 9.17) is 4.74 Å². The molecule has 0 heterocycles. The number of nitrogens with zero attached hydrogens (tertiary/aromatic N) is 1. The summed E-state index contributed by atoms with van der Waals surface area (Å²) in [5.74, 6) is -0.988. The number of aliphatic hydroxyl groups is 1. The molecule has 0 saturated heterocycles. The monoisotopic (exact) mass is 483 g/mol. The molecule has 0 fully saturated rings. The van der Waals surface area contributed by atoms with Crippen LogP contribution in [-0.4, -0.2) is 52.7 Å². The molecule has 0 aliphatic rings. The Morgan fingerprint density at radius 3 is 2.14 bits per heavy atom. The Balaban J connectivity index is 2.45. The van der Waals surface area contributed by atoms with E-state index in [1.807, 2.05) is 57.2 Å². The Morgan fingerprint density at radius 2 is 1.63 bits per heavy atom. The summed E-state index contributed by atoms with van der Waals surface area (Å²) >= 11 is 0. The van der Waals surface area contributed by atoms with Crippen molar-refractivity contribution >= 4 is 23.6 Å². The number of benzene rings is 2. The molecule has 2 atom stereocenters. The van der Waals surface area contributed by atoms with Gasteiger partial charge in [-0.25, -0.2) is 4.79 Å². The van der Waals surface area contributed by atoms with Gasteiger partial charge in [-0.2, -0.15) is 0 Å². The molecule has 2 aromatic rings. The highest BCUT2D eigenvalue weighted by Crippen LogP contribution is 2.27. The van der Waals surface area contributed by atoms with Crippen molar-refractivity contribution in [2.24, 2.45) is 0 Å². The van der Waals surface area contributed by atoms with Crippen molar-refractivity contribution in [3.05, 3.63) is 64.7 Å². The van der Waals surface area contributed by atoms with Crippen molar-refractivity contribution in [1.82, 2.24) is 10.2 Å². The van der Waals surface area contributed by atoms with E-state index < -0.39 is 42.2 Å². The highest BCUT2D eigenvalue weighted by atomic mass is 16.6. The van der Waals surface area contributed by atoms with Crippen LogP contribution >= 0.6 is 0 Å². The topological polar surface area (TPSA) is 108 Å². The Morgan fingerprint density at radius 1 is 1.03 bits per heavy atom. The van der Waals surface area contributed by atoms with Gasteiger partial charge in [-0.3, -0.25) is 9.59 Å². The van der Waals surface area contributed by atoms with E-state index in [0.29, 0.717) is 11.3 Å². The Kier molecular flexibility index (Phi) is 9.42. The normalized spacial score (nSPS) is 12.9. The summed E-state index contributed by atoms with van der Waals surface area (Å²) < 4.78 is 5.24. The first-order valence-corrected chi connectivity index (χ1v) is 11.7. The van der Waals surface area contributed by atoms with E-state index in [2.05, 4.69) is 10.6 Å². The quantitative estimate of drug-likeness (QED) is 0.526. The number of rotatable bonds is 8. The Labute approximate surface area is 207 Å². The number of anilines is 1. The number of para-hydroxylation sites is 1. The number of aryl methyl sites for hydroxylation is 3. The fourth-order valence-electron chi connectivity index (χ4n) is 3.86. The van der Waals surface area contributed by atoms with Gasteiger partial charge in [0.2, 0.25) is 5.91 Å². The molecule has 190 valence electrons. The lowest BCUT2D eigenvalue weighted by Crippen LogP contribution is -2.53. The summed E-state index contributed by atoms with van der Waals surface area (Å²) in [6.45, 7) is 12.1. The number of carbonyl (C=O) groups excluding carboxylic acids is 3. The van der Waals surface area contributed by atoms with Crippen molar-refractivity contribution < 1.29 is 24.2 Å². The fourth-order valence-corrected chi connectivity index (χ4v) is 3.86. The summed E-state index contributed by atoms with van der Waals surface area (Å²) in [6.07, 6.45) is -0.826. The third-order valence-electron chi connectivity index (χ3n) is 5.32. The number of nitrogens with one attached hydrogen (secondary N) is 2. The molecule has 2 rings (SSSR count). The molecule has 0 aliphatic carbocycles. The average molecular weight is 484 g/mol. The lowest BCUT2D eigenvalue weighted by Gasteiger charge is -2.33. The number of hydrogen-bond acceptors (Lipinski definition) is 5. The van der Waals surface area contributed by atoms with Gasteiger partial charge in [-0.15, -0.1) is 0 Å². The summed E-state index contributed by atoms with van der Waals surface area (Å²) in [5, 5.41) is 15.3. The molecule has 0 saturated carbocycles. The third kappa shape index (κ3) is 7.82. The van der Waals surface area contributed by atoms with Gasteiger partial charge in [0.05, 0.1) is 6.61 Å². The van der Waals surface area contributed by atoms with E-state index in [-0.39, 0.29) is 6.54 Å². The predicted octanol–water partition coefficient (Wildman–Crippen LogP) is 4.03. The minimum absolute atomic E-state index is 0.171. The van der Waals surface area contributed by atoms with Crippen LogP contribution < -0.4 is 10.6 Å². The molecule has 8 heteroatoms. The molecule has 8 nitrogen and oxygen atoms in total. The van der Waals surface area contributed by atoms with Crippen LogP contribution in [0.4, 0.5) is 10.5 Å². The molecule has 3 amide bonds. The van der Waals surface area contributed by atoms with Gasteiger partial charge in [0, 0.05) is 12.2 Å². The molecule has 0 aliphatic heterocycles. The summed E-state index contributed by atoms with van der Waals surface area (Å²) in [7, 11) is 0. The first-order chi connectivity index (χ1) is 16.4. The number of carbonyl (C=O) groups is 3. The first-order valence-electron chi connectivity index (χ1n) is 11.7. The largest absolute Gasteiger partial charge is 0.444 e. The number of amides is 3. The molecule has 0 radical (unpaired) electrons. The number of aliphatic hydroxyl groups excluding tert-OH is 1. The zero-order chi connectivity index (χ0) is 26.3. The summed E-state index contributed by atoms with van der Waals surface area (Å²) in [4.78, 5) is 40.8. The van der Waals surface area contributed by atoms with Crippen molar-refractivity contribution in [3.63, 3.8) is 0 Å². The van der Waals surface area contributed by atoms with Crippen LogP contribution in [0.5, 0.6) is 0 Å². The Bertz CT molecular complexity index is 1040. The SMILES string of the molecule is CCN(C(=O)C(CO)NC(=O)OC(C)(C)C)C(C(=O)Nc1ccccc1C)c1cc(C)cc(C)c1. The molecule has 2 unspecified atom stereocenters. The van der Waals surface area contributed by atoms with Gasteiger partial charge in [0.1, 0.15) is 17.7 Å². The molecule has 2 aromatic carbocycles. The number of ether oxygens (including phenoxy) is 1. The number of hydrogen-bond donors (Lipinski definition) is 3. The molecular formula is C27H37N3O5. The highest BCUT2D eigenvalue weighted by Gasteiger charge is 2.35. The van der Waals surface area contributed by atoms with E-state index in [0.717, 1.165) is 16.7 Å². The number of likely N-dealkylation sites (N-methyl/N-ethyl adjacent to an activating group) is 1. The second-order valence-corrected chi connectivity index (χ2v) is 9.63. The molecule has 0 aromatic heterocycles. The first kappa shape index (κ1) is 27.9. The van der Waals surface area contributed by atoms with E-state index >= 15 is 0 Å². The molecule has 0 bridgehead atoms. The minimum atomic E-state index is -1.27. The van der Waals surface area contributed by atoms with Gasteiger partial charge in [-0.05, 0) is 65.7 Å². The second-order valence-electron chi connectivity index (χ2n) is 9.63.